The number of fused-ring (bicyclic) bond motifs is 1. The zero-order chi connectivity index (χ0) is 13.6. The molecule has 2 aromatic rings. The number of rotatable bonds is 3. The quantitative estimate of drug-likeness (QED) is 0.676. The monoisotopic (exact) mass is 257 g/mol. The Morgan fingerprint density at radius 3 is 2.74 bits per heavy atom. The summed E-state index contributed by atoms with van der Waals surface area (Å²) in [5.74, 6) is 0.830. The predicted octanol–water partition coefficient (Wildman–Crippen LogP) is 3.35. The van der Waals surface area contributed by atoms with Gasteiger partial charge in [0, 0.05) is 23.6 Å². The topological polar surface area (TPSA) is 68.1 Å². The van der Waals surface area contributed by atoms with Crippen LogP contribution in [0.3, 0.4) is 0 Å². The molecule has 1 aromatic carbocycles. The van der Waals surface area contributed by atoms with E-state index in [9.17, 15) is 10.1 Å². The van der Waals surface area contributed by atoms with Crippen LogP contribution in [0.5, 0.6) is 0 Å². The SMILES string of the molecule is CC1(C)CC1Nc1ccc2cc([N+](=O)[O-])ccc2n1. The van der Waals surface area contributed by atoms with Crippen molar-refractivity contribution in [1.29, 1.82) is 0 Å². The van der Waals surface area contributed by atoms with E-state index in [0.717, 1.165) is 23.1 Å². The Morgan fingerprint density at radius 1 is 1.37 bits per heavy atom. The Hall–Kier alpha value is -2.17. The van der Waals surface area contributed by atoms with Crippen LogP contribution in [-0.4, -0.2) is 15.9 Å². The second kappa shape index (κ2) is 3.91. The maximum atomic E-state index is 10.7. The molecule has 1 fully saturated rings. The first kappa shape index (κ1) is 11.9. The summed E-state index contributed by atoms with van der Waals surface area (Å²) in [4.78, 5) is 14.8. The van der Waals surface area contributed by atoms with E-state index in [1.807, 2.05) is 12.1 Å². The van der Waals surface area contributed by atoms with E-state index < -0.39 is 4.92 Å². The largest absolute Gasteiger partial charge is 0.367 e. The fourth-order valence-electron chi connectivity index (χ4n) is 2.20. The highest BCUT2D eigenvalue weighted by Crippen LogP contribution is 2.46. The van der Waals surface area contributed by atoms with Crippen LogP contribution in [0.15, 0.2) is 30.3 Å². The first-order valence-corrected chi connectivity index (χ1v) is 6.27. The Morgan fingerprint density at radius 2 is 2.11 bits per heavy atom. The Kier molecular flexibility index (Phi) is 2.45. The molecule has 5 nitrogen and oxygen atoms in total. The van der Waals surface area contributed by atoms with Crippen LogP contribution in [0, 0.1) is 15.5 Å². The summed E-state index contributed by atoms with van der Waals surface area (Å²) in [5, 5.41) is 14.9. The van der Waals surface area contributed by atoms with Crippen LogP contribution in [-0.2, 0) is 0 Å². The summed E-state index contributed by atoms with van der Waals surface area (Å²) in [7, 11) is 0. The molecule has 1 N–H and O–H groups in total. The number of aromatic nitrogens is 1. The second-order valence-electron chi connectivity index (χ2n) is 5.72. The molecule has 0 aliphatic heterocycles. The molecule has 0 amide bonds. The van der Waals surface area contributed by atoms with Crippen molar-refractivity contribution in [1.82, 2.24) is 4.98 Å². The fraction of sp³-hybridized carbons (Fsp3) is 0.357. The molecule has 0 saturated heterocycles. The van der Waals surface area contributed by atoms with Crippen LogP contribution >= 0.6 is 0 Å². The molecule has 1 saturated carbocycles. The number of nitro groups is 1. The third-order valence-electron chi connectivity index (χ3n) is 3.72. The molecule has 1 atom stereocenters. The normalized spacial score (nSPS) is 20.2. The van der Waals surface area contributed by atoms with Gasteiger partial charge in [-0.05, 0) is 30.0 Å². The van der Waals surface area contributed by atoms with Crippen molar-refractivity contribution in [2.45, 2.75) is 26.3 Å². The van der Waals surface area contributed by atoms with Crippen molar-refractivity contribution in [3.63, 3.8) is 0 Å². The minimum atomic E-state index is -0.391. The van der Waals surface area contributed by atoms with E-state index in [-0.39, 0.29) is 5.69 Å². The van der Waals surface area contributed by atoms with Gasteiger partial charge in [0.25, 0.3) is 5.69 Å². The molecule has 3 rings (SSSR count). The number of anilines is 1. The molecule has 1 unspecified atom stereocenters. The van der Waals surface area contributed by atoms with Gasteiger partial charge >= 0.3 is 0 Å². The lowest BCUT2D eigenvalue weighted by atomic mass is 10.2. The smallest absolute Gasteiger partial charge is 0.270 e. The van der Waals surface area contributed by atoms with Crippen LogP contribution < -0.4 is 5.32 Å². The molecular formula is C14H15N3O2. The van der Waals surface area contributed by atoms with E-state index in [0.29, 0.717) is 11.5 Å². The Bertz CT molecular complexity index is 667. The van der Waals surface area contributed by atoms with Gasteiger partial charge in [0.15, 0.2) is 0 Å². The van der Waals surface area contributed by atoms with Gasteiger partial charge in [0.1, 0.15) is 5.82 Å². The minimum Gasteiger partial charge on any atom is -0.367 e. The van der Waals surface area contributed by atoms with Crippen LogP contribution in [0.2, 0.25) is 0 Å². The number of pyridine rings is 1. The minimum absolute atomic E-state index is 0.0957. The van der Waals surface area contributed by atoms with E-state index >= 15 is 0 Å². The van der Waals surface area contributed by atoms with E-state index in [1.54, 1.807) is 12.1 Å². The highest BCUT2D eigenvalue weighted by Gasteiger charge is 2.45. The van der Waals surface area contributed by atoms with E-state index in [1.165, 1.54) is 6.07 Å². The molecule has 0 bridgehead atoms. The van der Waals surface area contributed by atoms with Gasteiger partial charge in [-0.2, -0.15) is 0 Å². The first-order chi connectivity index (χ1) is 8.95. The lowest BCUT2D eigenvalue weighted by Gasteiger charge is -2.08. The average molecular weight is 257 g/mol. The van der Waals surface area contributed by atoms with Gasteiger partial charge < -0.3 is 5.32 Å². The van der Waals surface area contributed by atoms with E-state index in [4.69, 9.17) is 0 Å². The first-order valence-electron chi connectivity index (χ1n) is 6.27. The van der Waals surface area contributed by atoms with Crippen molar-refractivity contribution in [3.8, 4) is 0 Å². The number of hydrogen-bond donors (Lipinski definition) is 1. The zero-order valence-corrected chi connectivity index (χ0v) is 10.9. The molecule has 19 heavy (non-hydrogen) atoms. The van der Waals surface area contributed by atoms with Gasteiger partial charge in [-0.25, -0.2) is 4.98 Å². The van der Waals surface area contributed by atoms with Gasteiger partial charge in [0.2, 0.25) is 0 Å². The zero-order valence-electron chi connectivity index (χ0n) is 10.9. The maximum Gasteiger partial charge on any atom is 0.270 e. The number of nitro benzene ring substituents is 1. The Labute approximate surface area is 110 Å². The van der Waals surface area contributed by atoms with Gasteiger partial charge in [0.05, 0.1) is 10.4 Å². The lowest BCUT2D eigenvalue weighted by molar-refractivity contribution is -0.384. The van der Waals surface area contributed by atoms with E-state index in [2.05, 4.69) is 24.1 Å². The third kappa shape index (κ3) is 2.23. The molecule has 1 aliphatic carbocycles. The molecule has 98 valence electrons. The molecular weight excluding hydrogens is 242 g/mol. The highest BCUT2D eigenvalue weighted by atomic mass is 16.6. The maximum absolute atomic E-state index is 10.7. The number of nitrogens with zero attached hydrogens (tertiary/aromatic N) is 2. The number of non-ortho nitro benzene ring substituents is 1. The summed E-state index contributed by atoms with van der Waals surface area (Å²) < 4.78 is 0. The molecule has 5 heteroatoms. The molecule has 1 aliphatic rings. The van der Waals surface area contributed by atoms with Crippen LogP contribution in [0.25, 0.3) is 10.9 Å². The highest BCUT2D eigenvalue weighted by molar-refractivity contribution is 5.82. The summed E-state index contributed by atoms with van der Waals surface area (Å²) in [6.07, 6.45) is 1.15. The number of hydrogen-bond acceptors (Lipinski definition) is 4. The summed E-state index contributed by atoms with van der Waals surface area (Å²) in [6.45, 7) is 4.43. The molecule has 0 spiro atoms. The number of nitrogens with one attached hydrogen (secondary N) is 1. The average Bonchev–Trinajstić information content (AvgIpc) is 2.95. The summed E-state index contributed by atoms with van der Waals surface area (Å²) in [6, 6.07) is 8.94. The Balaban J connectivity index is 1.89. The molecule has 1 heterocycles. The van der Waals surface area contributed by atoms with Crippen molar-refractivity contribution in [3.05, 3.63) is 40.4 Å². The van der Waals surface area contributed by atoms with Crippen molar-refractivity contribution < 1.29 is 4.92 Å². The predicted molar refractivity (Wildman–Crippen MR) is 74.2 cm³/mol. The third-order valence-corrected chi connectivity index (χ3v) is 3.72. The van der Waals surface area contributed by atoms with Gasteiger partial charge in [-0.3, -0.25) is 10.1 Å². The summed E-state index contributed by atoms with van der Waals surface area (Å²) >= 11 is 0. The number of benzene rings is 1. The standard InChI is InChI=1S/C14H15N3O2/c1-14(2)8-12(14)16-13-6-3-9-7-10(17(18)19)4-5-11(9)15-13/h3-7,12H,8H2,1-2H3,(H,15,16). The second-order valence-corrected chi connectivity index (χ2v) is 5.72. The van der Waals surface area contributed by atoms with Gasteiger partial charge in [-0.1, -0.05) is 13.8 Å². The fourth-order valence-corrected chi connectivity index (χ4v) is 2.20. The van der Waals surface area contributed by atoms with Crippen molar-refractivity contribution in [2.24, 2.45) is 5.41 Å². The van der Waals surface area contributed by atoms with Crippen LogP contribution in [0.4, 0.5) is 11.5 Å². The van der Waals surface area contributed by atoms with Gasteiger partial charge in [-0.15, -0.1) is 0 Å². The molecule has 1 aromatic heterocycles. The van der Waals surface area contributed by atoms with Crippen LogP contribution in [0.1, 0.15) is 20.3 Å². The van der Waals surface area contributed by atoms with Crippen molar-refractivity contribution >= 4 is 22.4 Å². The lowest BCUT2D eigenvalue weighted by Crippen LogP contribution is -2.09. The summed E-state index contributed by atoms with van der Waals surface area (Å²) in [5.41, 5.74) is 1.21. The van der Waals surface area contributed by atoms with Crippen molar-refractivity contribution in [2.75, 3.05) is 5.32 Å². The molecule has 0 radical (unpaired) electrons.